The quantitative estimate of drug-likeness (QED) is 0.545. The molecule has 5 nitrogen and oxygen atoms in total. The van der Waals surface area contributed by atoms with E-state index in [1.165, 1.54) is 18.0 Å². The summed E-state index contributed by atoms with van der Waals surface area (Å²) < 4.78 is 33.5. The van der Waals surface area contributed by atoms with E-state index >= 15 is 0 Å². The van der Waals surface area contributed by atoms with Gasteiger partial charge in [-0.15, -0.1) is 0 Å². The van der Waals surface area contributed by atoms with Crippen molar-refractivity contribution in [3.8, 4) is 5.75 Å². The minimum atomic E-state index is -2.77. The van der Waals surface area contributed by atoms with Gasteiger partial charge in [-0.25, -0.2) is 4.98 Å². The molecule has 148 valence electrons. The molecule has 3 rings (SSSR count). The van der Waals surface area contributed by atoms with Crippen LogP contribution in [-0.2, 0) is 11.3 Å². The molecule has 0 aliphatic rings. The average molecular weight is 428 g/mol. The molecule has 2 aromatic carbocycles. The molecule has 0 saturated carbocycles. The van der Waals surface area contributed by atoms with Crippen LogP contribution in [0.4, 0.5) is 8.78 Å². The van der Waals surface area contributed by atoms with E-state index in [1.807, 2.05) is 0 Å². The van der Waals surface area contributed by atoms with E-state index < -0.39 is 18.6 Å². The van der Waals surface area contributed by atoms with Crippen LogP contribution in [0.5, 0.6) is 5.75 Å². The van der Waals surface area contributed by atoms with Gasteiger partial charge in [-0.1, -0.05) is 35.3 Å². The van der Waals surface area contributed by atoms with Gasteiger partial charge in [0.15, 0.2) is 6.10 Å². The number of halogens is 4. The molecule has 1 heterocycles. The van der Waals surface area contributed by atoms with Gasteiger partial charge in [-0.05, 0) is 37.3 Å². The van der Waals surface area contributed by atoms with Crippen molar-refractivity contribution in [3.05, 3.63) is 58.3 Å². The first-order chi connectivity index (χ1) is 13.3. The molecule has 0 fully saturated rings. The highest BCUT2D eigenvalue weighted by atomic mass is 35.5. The molecule has 1 amide bonds. The summed E-state index contributed by atoms with van der Waals surface area (Å²) in [5.74, 6) is -0.0113. The van der Waals surface area contributed by atoms with Crippen molar-refractivity contribution >= 4 is 40.1 Å². The van der Waals surface area contributed by atoms with E-state index in [1.54, 1.807) is 43.3 Å². The van der Waals surface area contributed by atoms with Crippen LogP contribution in [-0.4, -0.2) is 33.5 Å². The van der Waals surface area contributed by atoms with E-state index in [2.05, 4.69) is 4.98 Å². The topological polar surface area (TPSA) is 47.4 Å². The van der Waals surface area contributed by atoms with Gasteiger partial charge >= 0.3 is 6.55 Å². The zero-order chi connectivity index (χ0) is 20.4. The smallest absolute Gasteiger partial charge is 0.320 e. The minimum Gasteiger partial charge on any atom is -0.479 e. The molecule has 0 N–H and O–H groups in total. The zero-order valence-electron chi connectivity index (χ0n) is 15.1. The van der Waals surface area contributed by atoms with Crippen LogP contribution < -0.4 is 4.74 Å². The van der Waals surface area contributed by atoms with E-state index in [0.717, 1.165) is 4.57 Å². The van der Waals surface area contributed by atoms with Crippen molar-refractivity contribution in [2.24, 2.45) is 0 Å². The van der Waals surface area contributed by atoms with Gasteiger partial charge in [0.05, 0.1) is 22.6 Å². The highest BCUT2D eigenvalue weighted by Gasteiger charge is 2.24. The third-order valence-corrected chi connectivity index (χ3v) is 4.69. The van der Waals surface area contributed by atoms with Gasteiger partial charge in [0, 0.05) is 12.1 Å². The molecule has 0 spiro atoms. The summed E-state index contributed by atoms with van der Waals surface area (Å²) in [4.78, 5) is 18.2. The first-order valence-electron chi connectivity index (χ1n) is 8.38. The number of carbonyl (C=O) groups is 1. The van der Waals surface area contributed by atoms with Crippen LogP contribution in [0.25, 0.3) is 11.0 Å². The number of hydrogen-bond donors (Lipinski definition) is 0. The van der Waals surface area contributed by atoms with Crippen molar-refractivity contribution < 1.29 is 18.3 Å². The molecule has 0 aliphatic carbocycles. The maximum absolute atomic E-state index is 13.5. The van der Waals surface area contributed by atoms with Gasteiger partial charge in [0.2, 0.25) is 0 Å². The number of imidazole rings is 1. The number of nitrogens with zero attached hydrogens (tertiary/aromatic N) is 3. The zero-order valence-corrected chi connectivity index (χ0v) is 16.6. The summed E-state index contributed by atoms with van der Waals surface area (Å²) >= 11 is 11.9. The maximum atomic E-state index is 13.5. The Morgan fingerprint density at radius 3 is 2.64 bits per heavy atom. The third-order valence-electron chi connectivity index (χ3n) is 4.16. The SMILES string of the molecule is C[C@@H](Oc1ccc(Cl)cc1Cl)C(=O)N(C)Cc1nc2ccccc2n1C(F)F. The Morgan fingerprint density at radius 1 is 1.25 bits per heavy atom. The van der Waals surface area contributed by atoms with Crippen LogP contribution in [0.3, 0.4) is 0 Å². The molecule has 0 aliphatic heterocycles. The number of carbonyl (C=O) groups excluding carboxylic acids is 1. The lowest BCUT2D eigenvalue weighted by molar-refractivity contribution is -0.137. The number of ether oxygens (including phenoxy) is 1. The Bertz CT molecular complexity index is 1010. The van der Waals surface area contributed by atoms with Crippen LogP contribution in [0.1, 0.15) is 19.3 Å². The summed E-state index contributed by atoms with van der Waals surface area (Å²) in [6, 6.07) is 11.2. The van der Waals surface area contributed by atoms with Crippen molar-refractivity contribution in [1.29, 1.82) is 0 Å². The summed E-state index contributed by atoms with van der Waals surface area (Å²) in [6.07, 6.45) is -0.881. The second-order valence-electron chi connectivity index (χ2n) is 6.19. The van der Waals surface area contributed by atoms with E-state index in [-0.39, 0.29) is 17.4 Å². The second-order valence-corrected chi connectivity index (χ2v) is 7.04. The van der Waals surface area contributed by atoms with Gasteiger partial charge in [0.1, 0.15) is 11.6 Å². The molecule has 0 radical (unpaired) electrons. The molecule has 1 aromatic heterocycles. The van der Waals surface area contributed by atoms with Crippen molar-refractivity contribution in [2.75, 3.05) is 7.05 Å². The average Bonchev–Trinajstić information content (AvgIpc) is 3.01. The minimum absolute atomic E-state index is 0.0868. The lowest BCUT2D eigenvalue weighted by Crippen LogP contribution is -2.38. The number of likely N-dealkylation sites (N-methyl/N-ethyl adjacent to an activating group) is 1. The maximum Gasteiger partial charge on any atom is 0.320 e. The Labute approximate surface area is 170 Å². The highest BCUT2D eigenvalue weighted by Crippen LogP contribution is 2.29. The number of alkyl halides is 2. The molecule has 3 aromatic rings. The Hall–Kier alpha value is -2.38. The number of rotatable bonds is 6. The molecule has 1 atom stereocenters. The lowest BCUT2D eigenvalue weighted by Gasteiger charge is -2.22. The molecule has 0 saturated heterocycles. The fourth-order valence-corrected chi connectivity index (χ4v) is 3.29. The fraction of sp³-hybridized carbons (Fsp3) is 0.263. The van der Waals surface area contributed by atoms with Crippen molar-refractivity contribution in [2.45, 2.75) is 26.1 Å². The molecular formula is C19H17Cl2F2N3O2. The van der Waals surface area contributed by atoms with Gasteiger partial charge in [-0.2, -0.15) is 8.78 Å². The van der Waals surface area contributed by atoms with Gasteiger partial charge in [-0.3, -0.25) is 9.36 Å². The Kier molecular flexibility index (Phi) is 6.05. The van der Waals surface area contributed by atoms with Gasteiger partial charge in [0.25, 0.3) is 5.91 Å². The molecule has 0 unspecified atom stereocenters. The predicted molar refractivity (Wildman–Crippen MR) is 104 cm³/mol. The first-order valence-corrected chi connectivity index (χ1v) is 9.14. The normalized spacial score (nSPS) is 12.4. The largest absolute Gasteiger partial charge is 0.479 e. The monoisotopic (exact) mass is 427 g/mol. The van der Waals surface area contributed by atoms with Crippen molar-refractivity contribution in [1.82, 2.24) is 14.5 Å². The van der Waals surface area contributed by atoms with Gasteiger partial charge < -0.3 is 9.64 Å². The van der Waals surface area contributed by atoms with E-state index in [0.29, 0.717) is 21.8 Å². The molecule has 0 bridgehead atoms. The predicted octanol–water partition coefficient (Wildman–Crippen LogP) is 5.16. The Morgan fingerprint density at radius 2 is 1.96 bits per heavy atom. The number of para-hydroxylation sites is 2. The molecule has 28 heavy (non-hydrogen) atoms. The van der Waals surface area contributed by atoms with Crippen LogP contribution >= 0.6 is 23.2 Å². The lowest BCUT2D eigenvalue weighted by atomic mass is 10.3. The van der Waals surface area contributed by atoms with Crippen LogP contribution in [0.2, 0.25) is 10.0 Å². The summed E-state index contributed by atoms with van der Waals surface area (Å²) in [5, 5.41) is 0.716. The highest BCUT2D eigenvalue weighted by molar-refractivity contribution is 6.35. The summed E-state index contributed by atoms with van der Waals surface area (Å²) in [5.41, 5.74) is 0.751. The number of hydrogen-bond acceptors (Lipinski definition) is 3. The van der Waals surface area contributed by atoms with E-state index in [9.17, 15) is 13.6 Å². The van der Waals surface area contributed by atoms with E-state index in [4.69, 9.17) is 27.9 Å². The van der Waals surface area contributed by atoms with Crippen LogP contribution in [0.15, 0.2) is 42.5 Å². The standard InChI is InChI=1S/C19H17Cl2F2N3O2/c1-11(28-16-8-7-12(20)9-13(16)21)18(27)25(2)10-17-24-14-5-3-4-6-15(14)26(17)19(22)23/h3-9,11,19H,10H2,1-2H3/t11-/m1/s1. The van der Waals surface area contributed by atoms with Crippen molar-refractivity contribution in [3.63, 3.8) is 0 Å². The summed E-state index contributed by atoms with van der Waals surface area (Å²) in [7, 11) is 1.50. The molecule has 9 heteroatoms. The number of benzene rings is 2. The fourth-order valence-electron chi connectivity index (χ4n) is 2.84. The molecular weight excluding hydrogens is 411 g/mol. The first kappa shape index (κ1) is 20.4. The number of aromatic nitrogens is 2. The Balaban J connectivity index is 1.77. The van der Waals surface area contributed by atoms with Crippen LogP contribution in [0, 0.1) is 0 Å². The number of amides is 1. The second kappa shape index (κ2) is 8.32. The number of fused-ring (bicyclic) bond motifs is 1. The third kappa shape index (κ3) is 4.20. The summed E-state index contributed by atoms with van der Waals surface area (Å²) in [6.45, 7) is -1.31.